The Morgan fingerprint density at radius 2 is 1.92 bits per heavy atom. The molecule has 0 saturated carbocycles. The molecular formula is C6H7O5PS. The van der Waals surface area contributed by atoms with Crippen LogP contribution in [0.25, 0.3) is 0 Å². The van der Waals surface area contributed by atoms with E-state index in [2.05, 4.69) is 3.97 Å². The van der Waals surface area contributed by atoms with E-state index in [1.807, 2.05) is 0 Å². The Kier molecular flexibility index (Phi) is 3.35. The number of phenolic OH excluding ortho intramolecular Hbond substituents is 1. The van der Waals surface area contributed by atoms with Gasteiger partial charge >= 0.3 is 7.82 Å². The molecule has 3 N–H and O–H groups in total. The van der Waals surface area contributed by atoms with Gasteiger partial charge in [0.15, 0.2) is 0 Å². The van der Waals surface area contributed by atoms with Crippen LogP contribution in [0.2, 0.25) is 0 Å². The molecule has 5 nitrogen and oxygen atoms in total. The van der Waals surface area contributed by atoms with E-state index in [0.717, 1.165) is 0 Å². The average Bonchev–Trinajstić information content (AvgIpc) is 2.01. The number of para-hydroxylation sites is 1. The number of rotatable bonds is 3. The van der Waals surface area contributed by atoms with Crippen molar-refractivity contribution in [1.82, 2.24) is 0 Å². The lowest BCUT2D eigenvalue weighted by atomic mass is 10.3. The third kappa shape index (κ3) is 3.80. The highest BCUT2D eigenvalue weighted by Gasteiger charge is 2.16. The summed E-state index contributed by atoms with van der Waals surface area (Å²) in [4.78, 5) is 17.0. The molecular weight excluding hydrogens is 215 g/mol. The lowest BCUT2D eigenvalue weighted by Gasteiger charge is -2.04. The molecule has 0 aromatic heterocycles. The average molecular weight is 222 g/mol. The second-order valence-electron chi connectivity index (χ2n) is 2.12. The van der Waals surface area contributed by atoms with Crippen LogP contribution in [0.4, 0.5) is 0 Å². The normalized spacial score (nSPS) is 11.5. The molecule has 0 aliphatic rings. The van der Waals surface area contributed by atoms with Gasteiger partial charge in [0.1, 0.15) is 5.75 Å². The summed E-state index contributed by atoms with van der Waals surface area (Å²) < 4.78 is 14.4. The molecule has 0 radical (unpaired) electrons. The first-order valence-electron chi connectivity index (χ1n) is 3.19. The summed E-state index contributed by atoms with van der Waals surface area (Å²) in [5.74, 6) is -0.0825. The van der Waals surface area contributed by atoms with E-state index in [4.69, 9.17) is 14.9 Å². The molecule has 0 atom stereocenters. The largest absolute Gasteiger partial charge is 0.507 e. The fourth-order valence-corrected chi connectivity index (χ4v) is 1.61. The van der Waals surface area contributed by atoms with Crippen molar-refractivity contribution in [2.75, 3.05) is 0 Å². The number of phenols is 1. The molecule has 0 heterocycles. The van der Waals surface area contributed by atoms with Crippen LogP contribution in [0, 0.1) is 0 Å². The molecule has 0 bridgehead atoms. The Labute approximate surface area is 78.8 Å². The summed E-state index contributed by atoms with van der Waals surface area (Å²) in [7, 11) is -4.50. The number of phosphoric acid groups is 1. The van der Waals surface area contributed by atoms with E-state index in [9.17, 15) is 4.57 Å². The first-order chi connectivity index (χ1) is 5.99. The highest BCUT2D eigenvalue weighted by molar-refractivity contribution is 7.98. The zero-order valence-electron chi connectivity index (χ0n) is 6.32. The predicted molar refractivity (Wildman–Crippen MR) is 47.1 cm³/mol. The molecule has 0 fully saturated rings. The molecule has 13 heavy (non-hydrogen) atoms. The minimum Gasteiger partial charge on any atom is -0.507 e. The van der Waals surface area contributed by atoms with E-state index >= 15 is 0 Å². The summed E-state index contributed by atoms with van der Waals surface area (Å²) in [6.45, 7) is 0. The molecule has 0 aliphatic carbocycles. The maximum Gasteiger partial charge on any atom is 0.481 e. The Balaban J connectivity index is 2.65. The molecule has 1 aromatic carbocycles. The highest BCUT2D eigenvalue weighted by atomic mass is 32.2. The van der Waals surface area contributed by atoms with Crippen molar-refractivity contribution in [3.63, 3.8) is 0 Å². The predicted octanol–water partition coefficient (Wildman–Crippen LogP) is 1.51. The summed E-state index contributed by atoms with van der Waals surface area (Å²) in [6.07, 6.45) is 0. The summed E-state index contributed by atoms with van der Waals surface area (Å²) in [6, 6.07) is 6.09. The van der Waals surface area contributed by atoms with Crippen molar-refractivity contribution in [3.05, 3.63) is 24.3 Å². The lowest BCUT2D eigenvalue weighted by Crippen LogP contribution is -1.79. The molecule has 0 unspecified atom stereocenters. The third-order valence-electron chi connectivity index (χ3n) is 1.09. The van der Waals surface area contributed by atoms with Gasteiger partial charge in [0.25, 0.3) is 0 Å². The van der Waals surface area contributed by atoms with E-state index < -0.39 is 7.82 Å². The number of benzene rings is 1. The van der Waals surface area contributed by atoms with E-state index in [1.165, 1.54) is 12.1 Å². The number of hydrogen-bond donors (Lipinski definition) is 3. The Morgan fingerprint density at radius 3 is 2.46 bits per heavy atom. The van der Waals surface area contributed by atoms with Gasteiger partial charge in [0.2, 0.25) is 0 Å². The fourth-order valence-electron chi connectivity index (χ4n) is 0.616. The standard InChI is InChI=1S/C6H7O5PS/c7-5-3-1-2-4-6(5)13-11-12(8,9)10/h1-4,7H,(H2,8,9,10). The van der Waals surface area contributed by atoms with E-state index in [0.29, 0.717) is 12.0 Å². The summed E-state index contributed by atoms with van der Waals surface area (Å²) >= 11 is 0.441. The Hall–Kier alpha value is -0.520. The van der Waals surface area contributed by atoms with Crippen molar-refractivity contribution < 1.29 is 23.4 Å². The maximum absolute atomic E-state index is 10.3. The number of aromatic hydroxyl groups is 1. The van der Waals surface area contributed by atoms with Crippen LogP contribution < -0.4 is 0 Å². The van der Waals surface area contributed by atoms with Crippen molar-refractivity contribution in [1.29, 1.82) is 0 Å². The van der Waals surface area contributed by atoms with E-state index in [-0.39, 0.29) is 10.6 Å². The fraction of sp³-hybridized carbons (Fsp3) is 0. The Bertz CT molecular complexity index is 336. The van der Waals surface area contributed by atoms with Gasteiger partial charge in [-0.2, -0.15) is 0 Å². The molecule has 0 amide bonds. The SMILES string of the molecule is O=P(O)(O)OSc1ccccc1O. The van der Waals surface area contributed by atoms with Crippen LogP contribution >= 0.6 is 19.9 Å². The Morgan fingerprint density at radius 1 is 1.31 bits per heavy atom. The number of hydrogen-bond acceptors (Lipinski definition) is 4. The van der Waals surface area contributed by atoms with Gasteiger partial charge in [-0.05, 0) is 12.1 Å². The van der Waals surface area contributed by atoms with Crippen molar-refractivity contribution in [3.8, 4) is 5.75 Å². The molecule has 72 valence electrons. The van der Waals surface area contributed by atoms with Crippen molar-refractivity contribution in [2.45, 2.75) is 4.90 Å². The molecule has 0 saturated heterocycles. The van der Waals surface area contributed by atoms with Gasteiger partial charge in [0.05, 0.1) is 4.90 Å². The smallest absolute Gasteiger partial charge is 0.481 e. The quantitative estimate of drug-likeness (QED) is 0.530. The minimum atomic E-state index is -4.50. The molecule has 1 aromatic rings. The van der Waals surface area contributed by atoms with Gasteiger partial charge < -0.3 is 14.9 Å². The van der Waals surface area contributed by atoms with E-state index in [1.54, 1.807) is 12.1 Å². The zero-order chi connectivity index (χ0) is 9.90. The summed E-state index contributed by atoms with van der Waals surface area (Å²) in [5.41, 5.74) is 0. The van der Waals surface area contributed by atoms with Crippen LogP contribution in [0.5, 0.6) is 5.75 Å². The summed E-state index contributed by atoms with van der Waals surface area (Å²) in [5, 5.41) is 9.15. The lowest BCUT2D eigenvalue weighted by molar-refractivity contribution is 0.298. The van der Waals surface area contributed by atoms with Gasteiger partial charge in [-0.3, -0.25) is 0 Å². The maximum atomic E-state index is 10.3. The molecule has 0 spiro atoms. The van der Waals surface area contributed by atoms with Crippen molar-refractivity contribution in [2.24, 2.45) is 0 Å². The monoisotopic (exact) mass is 222 g/mol. The third-order valence-corrected chi connectivity index (χ3v) is 2.69. The molecule has 0 aliphatic heterocycles. The van der Waals surface area contributed by atoms with Crippen LogP contribution in [0.1, 0.15) is 0 Å². The second-order valence-corrected chi connectivity index (χ2v) is 4.30. The van der Waals surface area contributed by atoms with Crippen LogP contribution in [0.15, 0.2) is 29.2 Å². The van der Waals surface area contributed by atoms with Crippen LogP contribution in [0.3, 0.4) is 0 Å². The van der Waals surface area contributed by atoms with Gasteiger partial charge in [0, 0.05) is 12.0 Å². The first-order valence-corrected chi connectivity index (χ1v) is 5.46. The molecule has 7 heteroatoms. The zero-order valence-corrected chi connectivity index (χ0v) is 8.03. The highest BCUT2D eigenvalue weighted by Crippen LogP contribution is 2.45. The second kappa shape index (κ2) is 4.13. The van der Waals surface area contributed by atoms with Gasteiger partial charge in [-0.25, -0.2) is 8.54 Å². The van der Waals surface area contributed by atoms with Crippen molar-refractivity contribution >= 4 is 19.9 Å². The minimum absolute atomic E-state index is 0.0825. The first kappa shape index (κ1) is 10.6. The molecule has 1 rings (SSSR count). The van der Waals surface area contributed by atoms with Gasteiger partial charge in [-0.15, -0.1) is 0 Å². The van der Waals surface area contributed by atoms with Gasteiger partial charge in [-0.1, -0.05) is 12.1 Å². The van der Waals surface area contributed by atoms with Crippen LogP contribution in [-0.4, -0.2) is 14.9 Å². The topological polar surface area (TPSA) is 87.0 Å². The van der Waals surface area contributed by atoms with Crippen LogP contribution in [-0.2, 0) is 8.54 Å².